The molecule has 0 aliphatic heterocycles. The fourth-order valence-corrected chi connectivity index (χ4v) is 2.44. The van der Waals surface area contributed by atoms with Crippen LogP contribution in [0.25, 0.3) is 0 Å². The maximum absolute atomic E-state index is 5.96. The van der Waals surface area contributed by atoms with E-state index in [2.05, 4.69) is 10.3 Å². The van der Waals surface area contributed by atoms with Crippen molar-refractivity contribution in [3.8, 4) is 23.0 Å². The molecule has 0 aliphatic rings. The number of hydrogen-bond donors (Lipinski definition) is 2. The van der Waals surface area contributed by atoms with Gasteiger partial charge in [0.25, 0.3) is 0 Å². The predicted octanol–water partition coefficient (Wildman–Crippen LogP) is 2.69. The molecule has 0 aliphatic carbocycles. The van der Waals surface area contributed by atoms with Crippen LogP contribution in [-0.2, 0) is 6.42 Å². The molecule has 26 heavy (non-hydrogen) atoms. The van der Waals surface area contributed by atoms with Gasteiger partial charge in [0.2, 0.25) is 0 Å². The van der Waals surface area contributed by atoms with Gasteiger partial charge in [0, 0.05) is 18.3 Å². The van der Waals surface area contributed by atoms with Crippen LogP contribution in [0.4, 0.5) is 5.69 Å². The first-order valence-corrected chi connectivity index (χ1v) is 8.11. The second-order valence-electron chi connectivity index (χ2n) is 5.40. The smallest absolute Gasteiger partial charge is 0.193 e. The highest BCUT2D eigenvalue weighted by molar-refractivity contribution is 5.92. The fraction of sp³-hybridized carbons (Fsp3) is 0.316. The predicted molar refractivity (Wildman–Crippen MR) is 103 cm³/mol. The van der Waals surface area contributed by atoms with Crippen molar-refractivity contribution in [2.45, 2.75) is 6.42 Å². The molecule has 0 spiro atoms. The highest BCUT2D eigenvalue weighted by Crippen LogP contribution is 2.30. The van der Waals surface area contributed by atoms with Gasteiger partial charge in [-0.1, -0.05) is 6.07 Å². The zero-order valence-corrected chi connectivity index (χ0v) is 15.5. The van der Waals surface area contributed by atoms with Gasteiger partial charge in [0.15, 0.2) is 29.0 Å². The van der Waals surface area contributed by atoms with E-state index in [1.54, 1.807) is 40.6 Å². The Morgan fingerprint density at radius 2 is 1.42 bits per heavy atom. The molecule has 0 fully saturated rings. The van der Waals surface area contributed by atoms with Gasteiger partial charge in [-0.2, -0.15) is 0 Å². The Kier molecular flexibility index (Phi) is 6.96. The standard InChI is InChI=1S/C19H25N3O4/c1-23-15-7-5-13(11-17(15)25-3)9-10-21-19(20)22-14-6-8-16(24-2)18(12-14)26-4/h5-8,11-12H,9-10H2,1-4H3,(H3,20,21,22). The lowest BCUT2D eigenvalue weighted by atomic mass is 10.1. The number of rotatable bonds is 8. The van der Waals surface area contributed by atoms with E-state index in [0.717, 1.165) is 17.7 Å². The Morgan fingerprint density at radius 3 is 2.04 bits per heavy atom. The first kappa shape index (κ1) is 19.2. The molecule has 0 saturated heterocycles. The highest BCUT2D eigenvalue weighted by Gasteiger charge is 2.06. The molecule has 0 radical (unpaired) electrons. The molecule has 0 aromatic heterocycles. The fourth-order valence-electron chi connectivity index (χ4n) is 2.44. The average Bonchev–Trinajstić information content (AvgIpc) is 2.67. The van der Waals surface area contributed by atoms with Crippen LogP contribution in [0.1, 0.15) is 5.56 Å². The second-order valence-corrected chi connectivity index (χ2v) is 5.40. The van der Waals surface area contributed by atoms with Crippen molar-refractivity contribution in [3.63, 3.8) is 0 Å². The minimum Gasteiger partial charge on any atom is -0.493 e. The summed E-state index contributed by atoms with van der Waals surface area (Å²) in [6.07, 6.45) is 0.731. The van der Waals surface area contributed by atoms with Crippen molar-refractivity contribution in [2.75, 3.05) is 40.3 Å². The van der Waals surface area contributed by atoms with Crippen LogP contribution < -0.4 is 30.0 Å². The number of methoxy groups -OCH3 is 4. The maximum Gasteiger partial charge on any atom is 0.193 e. The summed E-state index contributed by atoms with van der Waals surface area (Å²) in [5.41, 5.74) is 7.82. The van der Waals surface area contributed by atoms with E-state index in [-0.39, 0.29) is 0 Å². The van der Waals surface area contributed by atoms with Crippen molar-refractivity contribution < 1.29 is 18.9 Å². The molecule has 140 valence electrons. The Hall–Kier alpha value is -3.09. The molecule has 7 heteroatoms. The second kappa shape index (κ2) is 9.41. The third kappa shape index (κ3) is 4.95. The maximum atomic E-state index is 5.96. The first-order valence-electron chi connectivity index (χ1n) is 8.11. The van der Waals surface area contributed by atoms with Crippen LogP contribution in [0.2, 0.25) is 0 Å². The third-order valence-electron chi connectivity index (χ3n) is 3.79. The molecule has 2 aromatic carbocycles. The molecular weight excluding hydrogens is 334 g/mol. The Balaban J connectivity index is 1.96. The number of hydrogen-bond acceptors (Lipinski definition) is 5. The molecule has 0 atom stereocenters. The van der Waals surface area contributed by atoms with E-state index in [9.17, 15) is 0 Å². The summed E-state index contributed by atoms with van der Waals surface area (Å²) in [6, 6.07) is 11.2. The SMILES string of the molecule is COc1ccc(CCN=C(N)Nc2ccc(OC)c(OC)c2)cc1OC. The highest BCUT2D eigenvalue weighted by atomic mass is 16.5. The van der Waals surface area contributed by atoms with E-state index in [0.29, 0.717) is 35.5 Å². The van der Waals surface area contributed by atoms with E-state index in [1.807, 2.05) is 24.3 Å². The van der Waals surface area contributed by atoms with E-state index < -0.39 is 0 Å². The van der Waals surface area contributed by atoms with Crippen molar-refractivity contribution in [2.24, 2.45) is 10.7 Å². The number of nitrogens with one attached hydrogen (secondary N) is 1. The summed E-state index contributed by atoms with van der Waals surface area (Å²) in [6.45, 7) is 0.543. The largest absolute Gasteiger partial charge is 0.493 e. The Bertz CT molecular complexity index is 762. The van der Waals surface area contributed by atoms with Crippen molar-refractivity contribution >= 4 is 11.6 Å². The number of nitrogens with zero attached hydrogens (tertiary/aromatic N) is 1. The van der Waals surface area contributed by atoms with Crippen LogP contribution in [0.3, 0.4) is 0 Å². The molecule has 2 rings (SSSR count). The summed E-state index contributed by atoms with van der Waals surface area (Å²) < 4.78 is 21.0. The van der Waals surface area contributed by atoms with Gasteiger partial charge >= 0.3 is 0 Å². The van der Waals surface area contributed by atoms with E-state index in [1.165, 1.54) is 0 Å². The minimum atomic E-state index is 0.331. The monoisotopic (exact) mass is 359 g/mol. The number of benzene rings is 2. The summed E-state index contributed by atoms with van der Waals surface area (Å²) in [5.74, 6) is 3.01. The van der Waals surface area contributed by atoms with Gasteiger partial charge in [0.1, 0.15) is 0 Å². The lowest BCUT2D eigenvalue weighted by Crippen LogP contribution is -2.23. The lowest BCUT2D eigenvalue weighted by Gasteiger charge is -2.11. The molecule has 0 bridgehead atoms. The van der Waals surface area contributed by atoms with Crippen LogP contribution in [0.5, 0.6) is 23.0 Å². The average molecular weight is 359 g/mol. The molecule has 0 amide bonds. The Morgan fingerprint density at radius 1 is 0.846 bits per heavy atom. The van der Waals surface area contributed by atoms with Gasteiger partial charge in [-0.3, -0.25) is 4.99 Å². The number of aliphatic imine (C=N–C) groups is 1. The summed E-state index contributed by atoms with van der Waals surface area (Å²) in [7, 11) is 6.41. The van der Waals surface area contributed by atoms with Crippen LogP contribution in [-0.4, -0.2) is 40.9 Å². The molecule has 3 N–H and O–H groups in total. The number of guanidine groups is 1. The molecule has 2 aromatic rings. The van der Waals surface area contributed by atoms with Gasteiger partial charge in [-0.15, -0.1) is 0 Å². The molecule has 7 nitrogen and oxygen atoms in total. The Labute approximate surface area is 153 Å². The van der Waals surface area contributed by atoms with Gasteiger partial charge in [0.05, 0.1) is 28.4 Å². The van der Waals surface area contributed by atoms with E-state index >= 15 is 0 Å². The van der Waals surface area contributed by atoms with Gasteiger partial charge < -0.3 is 30.0 Å². The van der Waals surface area contributed by atoms with Crippen molar-refractivity contribution in [3.05, 3.63) is 42.0 Å². The molecule has 0 heterocycles. The zero-order valence-electron chi connectivity index (χ0n) is 15.5. The van der Waals surface area contributed by atoms with Crippen molar-refractivity contribution in [1.29, 1.82) is 0 Å². The quantitative estimate of drug-likeness (QED) is 0.557. The van der Waals surface area contributed by atoms with Gasteiger partial charge in [-0.25, -0.2) is 0 Å². The summed E-state index contributed by atoms with van der Waals surface area (Å²) in [4.78, 5) is 4.35. The first-order chi connectivity index (χ1) is 12.6. The molecule has 0 saturated carbocycles. The molecule has 0 unspecified atom stereocenters. The van der Waals surface area contributed by atoms with Crippen molar-refractivity contribution in [1.82, 2.24) is 0 Å². The van der Waals surface area contributed by atoms with Gasteiger partial charge in [-0.05, 0) is 36.2 Å². The van der Waals surface area contributed by atoms with E-state index in [4.69, 9.17) is 24.7 Å². The zero-order chi connectivity index (χ0) is 18.9. The molecular formula is C19H25N3O4. The van der Waals surface area contributed by atoms with Crippen LogP contribution >= 0.6 is 0 Å². The number of nitrogens with two attached hydrogens (primary N) is 1. The third-order valence-corrected chi connectivity index (χ3v) is 3.79. The lowest BCUT2D eigenvalue weighted by molar-refractivity contribution is 0.354. The van der Waals surface area contributed by atoms with Crippen LogP contribution in [0.15, 0.2) is 41.4 Å². The normalized spacial score (nSPS) is 11.0. The number of ether oxygens (including phenoxy) is 4. The number of anilines is 1. The van der Waals surface area contributed by atoms with Crippen LogP contribution in [0, 0.1) is 0 Å². The minimum absolute atomic E-state index is 0.331. The summed E-state index contributed by atoms with van der Waals surface area (Å²) in [5, 5.41) is 3.04. The topological polar surface area (TPSA) is 87.3 Å². The summed E-state index contributed by atoms with van der Waals surface area (Å²) >= 11 is 0.